The van der Waals surface area contributed by atoms with Crippen molar-refractivity contribution in [2.45, 2.75) is 48.5 Å². The van der Waals surface area contributed by atoms with Gasteiger partial charge in [-0.1, -0.05) is 41.5 Å². The average Bonchev–Trinajstić information content (AvgIpc) is 2.28. The Bertz CT molecular complexity index is 115. The summed E-state index contributed by atoms with van der Waals surface area (Å²) in [4.78, 5) is 3.95. The molecule has 2 heteroatoms. The van der Waals surface area contributed by atoms with E-state index >= 15 is 0 Å². The molecule has 1 N–H and O–H groups in total. The van der Waals surface area contributed by atoms with E-state index in [4.69, 9.17) is 0 Å². The first kappa shape index (κ1) is 18.1. The van der Waals surface area contributed by atoms with Crippen molar-refractivity contribution in [3.63, 3.8) is 0 Å². The van der Waals surface area contributed by atoms with E-state index in [1.54, 1.807) is 0 Å². The summed E-state index contributed by atoms with van der Waals surface area (Å²) in [6.07, 6.45) is 3.81. The second-order valence-electron chi connectivity index (χ2n) is 1.56. The van der Waals surface area contributed by atoms with Gasteiger partial charge >= 0.3 is 0 Å². The highest BCUT2D eigenvalue weighted by atomic mass is 15.0. The van der Waals surface area contributed by atoms with Crippen molar-refractivity contribution >= 4 is 6.21 Å². The van der Waals surface area contributed by atoms with Crippen LogP contribution in [0.3, 0.4) is 0 Å². The summed E-state index contributed by atoms with van der Waals surface area (Å²) in [5.74, 6) is 0. The third-order valence-electron chi connectivity index (χ3n) is 0.807. The second-order valence-corrected chi connectivity index (χ2v) is 1.56. The fraction of sp³-hybridized carbons (Fsp3) is 0.727. The maximum atomic E-state index is 3.95. The molecule has 0 bridgehead atoms. The van der Waals surface area contributed by atoms with Gasteiger partial charge in [0.1, 0.15) is 6.67 Å². The number of hydrogen-bond donors (Lipinski definition) is 1. The van der Waals surface area contributed by atoms with E-state index < -0.39 is 0 Å². The van der Waals surface area contributed by atoms with E-state index in [9.17, 15) is 0 Å². The van der Waals surface area contributed by atoms with Crippen molar-refractivity contribution in [1.29, 1.82) is 0 Å². The van der Waals surface area contributed by atoms with E-state index in [-0.39, 0.29) is 0 Å². The van der Waals surface area contributed by atoms with E-state index in [1.807, 2.05) is 60.9 Å². The van der Waals surface area contributed by atoms with Crippen molar-refractivity contribution in [2.24, 2.45) is 4.99 Å². The zero-order valence-electron chi connectivity index (χ0n) is 10.3. The molecule has 2 nitrogen and oxygen atoms in total. The van der Waals surface area contributed by atoms with Crippen molar-refractivity contribution in [2.75, 3.05) is 6.67 Å². The standard InChI is InChI=1S/C5H8N2.3C2H6/c1-5-2-6-4-7-3-5;3*1-2/h2-3,6H,4H2,1H3;3*1-2H3. The van der Waals surface area contributed by atoms with Gasteiger partial charge < -0.3 is 5.32 Å². The van der Waals surface area contributed by atoms with Crippen LogP contribution >= 0.6 is 0 Å². The minimum Gasteiger partial charge on any atom is -0.372 e. The normalized spacial score (nSPS) is 11.2. The molecule has 0 aromatic rings. The van der Waals surface area contributed by atoms with Crippen LogP contribution in [-0.2, 0) is 0 Å². The van der Waals surface area contributed by atoms with Crippen LogP contribution in [0, 0.1) is 0 Å². The Morgan fingerprint density at radius 2 is 1.54 bits per heavy atom. The van der Waals surface area contributed by atoms with Gasteiger partial charge in [0.25, 0.3) is 0 Å². The Balaban J connectivity index is -0.000000144. The summed E-state index contributed by atoms with van der Waals surface area (Å²) in [7, 11) is 0. The van der Waals surface area contributed by atoms with Crippen molar-refractivity contribution < 1.29 is 0 Å². The highest BCUT2D eigenvalue weighted by Gasteiger charge is 1.84. The fourth-order valence-corrected chi connectivity index (χ4v) is 0.486. The van der Waals surface area contributed by atoms with E-state index in [0.717, 1.165) is 6.67 Å². The summed E-state index contributed by atoms with van der Waals surface area (Å²) in [6.45, 7) is 14.7. The molecule has 0 radical (unpaired) electrons. The molecule has 0 saturated heterocycles. The van der Waals surface area contributed by atoms with Crippen molar-refractivity contribution in [1.82, 2.24) is 5.32 Å². The molecule has 0 unspecified atom stereocenters. The first-order valence-corrected chi connectivity index (χ1v) is 5.29. The summed E-state index contributed by atoms with van der Waals surface area (Å²) >= 11 is 0. The van der Waals surface area contributed by atoms with Crippen LogP contribution < -0.4 is 5.32 Å². The van der Waals surface area contributed by atoms with Gasteiger partial charge in [0.05, 0.1) is 0 Å². The van der Waals surface area contributed by atoms with Crippen LogP contribution in [0.2, 0.25) is 0 Å². The summed E-state index contributed by atoms with van der Waals surface area (Å²) in [5.41, 5.74) is 1.19. The fourth-order valence-electron chi connectivity index (χ4n) is 0.486. The predicted molar refractivity (Wildman–Crippen MR) is 64.3 cm³/mol. The van der Waals surface area contributed by atoms with E-state index in [0.29, 0.717) is 0 Å². The molecular weight excluding hydrogens is 160 g/mol. The maximum Gasteiger partial charge on any atom is 0.107 e. The molecule has 80 valence electrons. The number of nitrogens with zero attached hydrogens (tertiary/aromatic N) is 1. The van der Waals surface area contributed by atoms with Gasteiger partial charge in [-0.3, -0.25) is 4.99 Å². The van der Waals surface area contributed by atoms with Gasteiger partial charge in [-0.2, -0.15) is 0 Å². The SMILES string of the molecule is CC.CC.CC.CC1=CNCN=C1. The van der Waals surface area contributed by atoms with Crippen LogP contribution in [0.15, 0.2) is 16.8 Å². The number of hydrogen-bond acceptors (Lipinski definition) is 2. The molecule has 1 aliphatic heterocycles. The smallest absolute Gasteiger partial charge is 0.107 e. The molecule has 0 saturated carbocycles. The second kappa shape index (κ2) is 22.5. The van der Waals surface area contributed by atoms with Crippen LogP contribution in [-0.4, -0.2) is 12.9 Å². The van der Waals surface area contributed by atoms with Crippen molar-refractivity contribution in [3.05, 3.63) is 11.8 Å². The lowest BCUT2D eigenvalue weighted by atomic mass is 10.3. The molecule has 0 fully saturated rings. The Morgan fingerprint density at radius 3 is 1.69 bits per heavy atom. The zero-order chi connectivity index (χ0) is 11.1. The Hall–Kier alpha value is -0.790. The monoisotopic (exact) mass is 186 g/mol. The molecule has 1 heterocycles. The Kier molecular flexibility index (Phi) is 31.3. The Labute approximate surface area is 84.2 Å². The zero-order valence-corrected chi connectivity index (χ0v) is 10.3. The van der Waals surface area contributed by atoms with Crippen LogP contribution in [0.5, 0.6) is 0 Å². The summed E-state index contributed by atoms with van der Waals surface area (Å²) < 4.78 is 0. The molecule has 0 amide bonds. The molecule has 13 heavy (non-hydrogen) atoms. The molecule has 0 atom stereocenters. The molecular formula is C11H26N2. The minimum absolute atomic E-state index is 0.733. The number of aliphatic imine (C=N–C) groups is 1. The third kappa shape index (κ3) is 18.3. The highest BCUT2D eigenvalue weighted by molar-refractivity contribution is 5.78. The first-order chi connectivity index (χ1) is 6.39. The lowest BCUT2D eigenvalue weighted by Crippen LogP contribution is -2.09. The van der Waals surface area contributed by atoms with Gasteiger partial charge in [-0.15, -0.1) is 0 Å². The first-order valence-electron chi connectivity index (χ1n) is 5.29. The predicted octanol–water partition coefficient (Wildman–Crippen LogP) is 3.60. The summed E-state index contributed by atoms with van der Waals surface area (Å²) in [6, 6.07) is 0. The van der Waals surface area contributed by atoms with Gasteiger partial charge in [0, 0.05) is 12.4 Å². The Morgan fingerprint density at radius 1 is 1.08 bits per heavy atom. The summed E-state index contributed by atoms with van der Waals surface area (Å²) in [5, 5.41) is 2.97. The van der Waals surface area contributed by atoms with Crippen LogP contribution in [0.1, 0.15) is 48.5 Å². The lowest BCUT2D eigenvalue weighted by Gasteiger charge is -2.00. The third-order valence-corrected chi connectivity index (χ3v) is 0.807. The van der Waals surface area contributed by atoms with Gasteiger partial charge in [-0.05, 0) is 12.5 Å². The molecule has 0 aromatic heterocycles. The van der Waals surface area contributed by atoms with E-state index in [2.05, 4.69) is 10.3 Å². The molecule has 1 aliphatic rings. The minimum atomic E-state index is 0.733. The maximum absolute atomic E-state index is 3.95. The molecule has 0 spiro atoms. The average molecular weight is 186 g/mol. The largest absolute Gasteiger partial charge is 0.372 e. The van der Waals surface area contributed by atoms with Crippen LogP contribution in [0.4, 0.5) is 0 Å². The topological polar surface area (TPSA) is 24.4 Å². The van der Waals surface area contributed by atoms with Gasteiger partial charge in [-0.25, -0.2) is 0 Å². The molecule has 0 aliphatic carbocycles. The van der Waals surface area contributed by atoms with Gasteiger partial charge in [0.15, 0.2) is 0 Å². The van der Waals surface area contributed by atoms with E-state index in [1.165, 1.54) is 5.57 Å². The lowest BCUT2D eigenvalue weighted by molar-refractivity contribution is 0.869. The highest BCUT2D eigenvalue weighted by Crippen LogP contribution is 1.87. The number of nitrogens with one attached hydrogen (secondary N) is 1. The number of allylic oxidation sites excluding steroid dienone is 1. The quantitative estimate of drug-likeness (QED) is 0.614. The molecule has 0 aromatic carbocycles. The van der Waals surface area contributed by atoms with Crippen LogP contribution in [0.25, 0.3) is 0 Å². The molecule has 1 rings (SSSR count). The number of rotatable bonds is 0. The van der Waals surface area contributed by atoms with Gasteiger partial charge in [0.2, 0.25) is 0 Å². The van der Waals surface area contributed by atoms with Crippen molar-refractivity contribution in [3.8, 4) is 0 Å².